The van der Waals surface area contributed by atoms with Gasteiger partial charge in [0.15, 0.2) is 0 Å². The van der Waals surface area contributed by atoms with Gasteiger partial charge >= 0.3 is 6.03 Å². The highest BCUT2D eigenvalue weighted by Crippen LogP contribution is 2.41. The van der Waals surface area contributed by atoms with Gasteiger partial charge < -0.3 is 10.6 Å². The van der Waals surface area contributed by atoms with Gasteiger partial charge in [0.25, 0.3) is 0 Å². The van der Waals surface area contributed by atoms with E-state index in [0.717, 1.165) is 17.9 Å². The predicted octanol–water partition coefficient (Wildman–Crippen LogP) is 2.72. The Kier molecular flexibility index (Phi) is 4.28. The van der Waals surface area contributed by atoms with E-state index in [-0.39, 0.29) is 6.03 Å². The number of rotatable bonds is 4. The number of thioether (sulfide) groups is 1. The first-order valence-electron chi connectivity index (χ1n) is 6.87. The van der Waals surface area contributed by atoms with Crippen LogP contribution in [0.3, 0.4) is 0 Å². The summed E-state index contributed by atoms with van der Waals surface area (Å²) in [6.45, 7) is 0.537. The molecule has 2 heterocycles. The molecule has 3 rings (SSSR count). The van der Waals surface area contributed by atoms with E-state index < -0.39 is 0 Å². The molecule has 0 spiro atoms. The van der Waals surface area contributed by atoms with Crippen molar-refractivity contribution in [3.05, 3.63) is 16.1 Å². The molecule has 1 atom stereocenters. The number of aromatic nitrogens is 1. The van der Waals surface area contributed by atoms with Gasteiger partial charge in [-0.05, 0) is 31.4 Å². The number of carbonyl (C=O) groups is 1. The van der Waals surface area contributed by atoms with E-state index in [2.05, 4.69) is 21.0 Å². The second kappa shape index (κ2) is 6.13. The zero-order valence-corrected chi connectivity index (χ0v) is 12.5. The van der Waals surface area contributed by atoms with Gasteiger partial charge in [0.05, 0.1) is 17.2 Å². The van der Waals surface area contributed by atoms with Crippen LogP contribution < -0.4 is 10.6 Å². The molecule has 2 amide bonds. The molecule has 19 heavy (non-hydrogen) atoms. The zero-order valence-electron chi connectivity index (χ0n) is 10.9. The van der Waals surface area contributed by atoms with Crippen LogP contribution in [0.25, 0.3) is 0 Å². The molecule has 2 aliphatic rings. The quantitative estimate of drug-likeness (QED) is 0.898. The summed E-state index contributed by atoms with van der Waals surface area (Å²) in [6, 6.07) is 0.268. The van der Waals surface area contributed by atoms with Crippen LogP contribution in [-0.2, 0) is 6.54 Å². The maximum atomic E-state index is 11.8. The molecule has 1 aliphatic heterocycles. The van der Waals surface area contributed by atoms with E-state index in [4.69, 9.17) is 0 Å². The lowest BCUT2D eigenvalue weighted by Gasteiger charge is -2.22. The topological polar surface area (TPSA) is 54.0 Å². The van der Waals surface area contributed by atoms with Gasteiger partial charge in [-0.15, -0.1) is 11.3 Å². The molecule has 0 radical (unpaired) electrons. The van der Waals surface area contributed by atoms with E-state index in [1.165, 1.54) is 30.0 Å². The lowest BCUT2D eigenvalue weighted by molar-refractivity contribution is 0.236. The molecule has 1 saturated carbocycles. The second-order valence-electron chi connectivity index (χ2n) is 5.19. The molecule has 0 unspecified atom stereocenters. The van der Waals surface area contributed by atoms with Crippen LogP contribution in [0.5, 0.6) is 0 Å². The Morgan fingerprint density at radius 1 is 1.42 bits per heavy atom. The van der Waals surface area contributed by atoms with E-state index >= 15 is 0 Å². The molecular weight excluding hydrogens is 278 g/mol. The molecule has 2 N–H and O–H groups in total. The van der Waals surface area contributed by atoms with Crippen molar-refractivity contribution >= 4 is 29.1 Å². The molecule has 1 aromatic rings. The first-order chi connectivity index (χ1) is 9.31. The molecule has 1 aliphatic carbocycles. The number of amides is 2. The lowest BCUT2D eigenvalue weighted by atomic mass is 10.2. The Balaban J connectivity index is 1.41. The summed E-state index contributed by atoms with van der Waals surface area (Å²) >= 11 is 3.64. The highest BCUT2D eigenvalue weighted by atomic mass is 32.2. The number of hydrogen-bond acceptors (Lipinski definition) is 4. The van der Waals surface area contributed by atoms with Crippen molar-refractivity contribution in [2.75, 3.05) is 11.5 Å². The zero-order chi connectivity index (χ0) is 13.1. The van der Waals surface area contributed by atoms with E-state index in [0.29, 0.717) is 18.5 Å². The Hall–Kier alpha value is -0.750. The average Bonchev–Trinajstić information content (AvgIpc) is 3.17. The van der Waals surface area contributed by atoms with Crippen molar-refractivity contribution in [2.24, 2.45) is 0 Å². The van der Waals surface area contributed by atoms with E-state index in [1.807, 2.05) is 11.8 Å². The fourth-order valence-electron chi connectivity index (χ4n) is 2.18. The molecule has 4 nitrogen and oxygen atoms in total. The molecule has 0 aromatic carbocycles. The summed E-state index contributed by atoms with van der Waals surface area (Å²) in [4.78, 5) is 16.3. The SMILES string of the molecule is O=C(NCc1csc(C2CC2)n1)N[C@@H]1CCCSC1. The summed E-state index contributed by atoms with van der Waals surface area (Å²) in [5.74, 6) is 2.96. The van der Waals surface area contributed by atoms with Gasteiger partial charge in [0.1, 0.15) is 0 Å². The van der Waals surface area contributed by atoms with Gasteiger partial charge in [-0.2, -0.15) is 11.8 Å². The molecule has 1 saturated heterocycles. The van der Waals surface area contributed by atoms with Crippen molar-refractivity contribution in [1.29, 1.82) is 0 Å². The molecule has 1 aromatic heterocycles. The number of thiazole rings is 1. The fourth-order valence-corrected chi connectivity index (χ4v) is 4.25. The lowest BCUT2D eigenvalue weighted by Crippen LogP contribution is -2.44. The van der Waals surface area contributed by atoms with Crippen LogP contribution >= 0.6 is 23.1 Å². The average molecular weight is 297 g/mol. The number of urea groups is 1. The minimum Gasteiger partial charge on any atom is -0.335 e. The van der Waals surface area contributed by atoms with Crippen molar-refractivity contribution in [2.45, 2.75) is 44.2 Å². The predicted molar refractivity (Wildman–Crippen MR) is 79.8 cm³/mol. The normalized spacial score (nSPS) is 23.1. The largest absolute Gasteiger partial charge is 0.335 e. The Bertz CT molecular complexity index is 439. The third-order valence-corrected chi connectivity index (χ3v) is 5.69. The summed E-state index contributed by atoms with van der Waals surface area (Å²) in [5.41, 5.74) is 0.986. The second-order valence-corrected chi connectivity index (χ2v) is 7.23. The van der Waals surface area contributed by atoms with Crippen molar-refractivity contribution in [1.82, 2.24) is 15.6 Å². The van der Waals surface area contributed by atoms with Gasteiger partial charge in [-0.3, -0.25) is 0 Å². The van der Waals surface area contributed by atoms with Crippen LogP contribution in [0.1, 0.15) is 42.3 Å². The highest BCUT2D eigenvalue weighted by Gasteiger charge is 2.26. The van der Waals surface area contributed by atoms with Crippen molar-refractivity contribution in [3.63, 3.8) is 0 Å². The van der Waals surface area contributed by atoms with Crippen molar-refractivity contribution < 1.29 is 4.79 Å². The summed E-state index contributed by atoms with van der Waals surface area (Å²) in [7, 11) is 0. The molecule has 2 fully saturated rings. The van der Waals surface area contributed by atoms with E-state index in [9.17, 15) is 4.79 Å². The minimum absolute atomic E-state index is 0.0616. The summed E-state index contributed by atoms with van der Waals surface area (Å²) in [5, 5.41) is 9.24. The van der Waals surface area contributed by atoms with Crippen LogP contribution in [0.4, 0.5) is 4.79 Å². The minimum atomic E-state index is -0.0616. The van der Waals surface area contributed by atoms with Crippen LogP contribution in [0.15, 0.2) is 5.38 Å². The van der Waals surface area contributed by atoms with E-state index in [1.54, 1.807) is 11.3 Å². The van der Waals surface area contributed by atoms with Gasteiger partial charge in [-0.1, -0.05) is 0 Å². The molecule has 104 valence electrons. The first-order valence-corrected chi connectivity index (χ1v) is 8.91. The Labute approximate surface area is 121 Å². The fraction of sp³-hybridized carbons (Fsp3) is 0.692. The van der Waals surface area contributed by atoms with Gasteiger partial charge in [0, 0.05) is 23.1 Å². The summed E-state index contributed by atoms with van der Waals surface area (Å²) < 4.78 is 0. The maximum Gasteiger partial charge on any atom is 0.315 e. The van der Waals surface area contributed by atoms with Crippen LogP contribution in [-0.4, -0.2) is 28.6 Å². The standard InChI is InChI=1S/C13H19N3OS2/c17-13(16-10-2-1-5-18-7-10)14-6-11-8-19-12(15-11)9-3-4-9/h8-10H,1-7H2,(H2,14,16,17)/t10-/m1/s1. The smallest absolute Gasteiger partial charge is 0.315 e. The maximum absolute atomic E-state index is 11.8. The van der Waals surface area contributed by atoms with Crippen LogP contribution in [0, 0.1) is 0 Å². The summed E-state index contributed by atoms with van der Waals surface area (Å²) in [6.07, 6.45) is 4.86. The number of carbonyl (C=O) groups excluding carboxylic acids is 1. The van der Waals surface area contributed by atoms with Crippen LogP contribution in [0.2, 0.25) is 0 Å². The third-order valence-electron chi connectivity index (χ3n) is 3.42. The third kappa shape index (κ3) is 3.86. The number of nitrogens with one attached hydrogen (secondary N) is 2. The van der Waals surface area contributed by atoms with Gasteiger partial charge in [0.2, 0.25) is 0 Å². The van der Waals surface area contributed by atoms with Gasteiger partial charge in [-0.25, -0.2) is 9.78 Å². The number of hydrogen-bond donors (Lipinski definition) is 2. The molecular formula is C13H19N3OS2. The molecule has 6 heteroatoms. The number of nitrogens with zero attached hydrogens (tertiary/aromatic N) is 1. The monoisotopic (exact) mass is 297 g/mol. The Morgan fingerprint density at radius 3 is 3.05 bits per heavy atom. The first kappa shape index (κ1) is 13.2. The Morgan fingerprint density at radius 2 is 2.32 bits per heavy atom. The highest BCUT2D eigenvalue weighted by molar-refractivity contribution is 7.99. The van der Waals surface area contributed by atoms with Crippen molar-refractivity contribution in [3.8, 4) is 0 Å². The molecule has 0 bridgehead atoms.